The highest BCUT2D eigenvalue weighted by Crippen LogP contribution is 2.23. The number of rotatable bonds is 54. The molecule has 1 rings (SSSR count). The summed E-state index contributed by atoms with van der Waals surface area (Å²) in [6.45, 7) is 4.34. The summed E-state index contributed by atoms with van der Waals surface area (Å²) in [4.78, 5) is 25.0. The molecule has 6 N–H and O–H groups in total. The predicted molar refractivity (Wildman–Crippen MR) is 297 cm³/mol. The molecule has 0 aromatic carbocycles. The maximum atomic E-state index is 13.0. The Hall–Kier alpha value is -1.60. The van der Waals surface area contributed by atoms with Gasteiger partial charge in [-0.05, 0) is 32.1 Å². The van der Waals surface area contributed by atoms with Crippen LogP contribution in [0.15, 0.2) is 12.2 Å². The van der Waals surface area contributed by atoms with Crippen LogP contribution < -0.4 is 5.32 Å². The van der Waals surface area contributed by atoms with Gasteiger partial charge in [0.05, 0.1) is 32.0 Å². The van der Waals surface area contributed by atoms with Gasteiger partial charge in [0.25, 0.3) is 0 Å². The molecule has 1 saturated heterocycles. The summed E-state index contributed by atoms with van der Waals surface area (Å²) in [7, 11) is 0. The Bertz CT molecular complexity index is 1200. The van der Waals surface area contributed by atoms with E-state index in [2.05, 4.69) is 19.2 Å². The standard InChI is InChI=1S/C61H117NO10/c1-3-5-7-9-11-13-28-33-37-41-45-49-57(66)70-50-46-42-38-34-30-27-25-23-21-19-17-15-16-18-20-22-24-26-29-32-36-40-44-48-56(65)62-53(52-71-61-60(69)59(68)58(67)55(51-63)72-61)54(64)47-43-39-35-31-14-12-10-8-6-4-2/h43,47,53-55,58-61,63-64,67-69H,3-42,44-46,48-52H2,1-2H3,(H,62,65)/b47-43+. The Morgan fingerprint density at radius 3 is 1.29 bits per heavy atom. The lowest BCUT2D eigenvalue weighted by Gasteiger charge is -2.40. The molecule has 11 heteroatoms. The number of nitrogens with one attached hydrogen (secondary N) is 1. The quantitative estimate of drug-likeness (QED) is 0.0195. The van der Waals surface area contributed by atoms with Gasteiger partial charge in [0.2, 0.25) is 5.91 Å². The summed E-state index contributed by atoms with van der Waals surface area (Å²) in [6, 6.07) is -0.807. The highest BCUT2D eigenvalue weighted by Gasteiger charge is 2.44. The second kappa shape index (κ2) is 51.5. The third-order valence-corrected chi connectivity index (χ3v) is 14.9. The van der Waals surface area contributed by atoms with Gasteiger partial charge in [-0.25, -0.2) is 0 Å². The first-order valence-electron chi connectivity index (χ1n) is 31.0. The lowest BCUT2D eigenvalue weighted by atomic mass is 9.99. The van der Waals surface area contributed by atoms with Crippen LogP contribution >= 0.6 is 0 Å². The Morgan fingerprint density at radius 1 is 0.500 bits per heavy atom. The summed E-state index contributed by atoms with van der Waals surface area (Å²) in [5, 5.41) is 54.3. The minimum atomic E-state index is -1.57. The molecule has 1 amide bonds. The fourth-order valence-corrected chi connectivity index (χ4v) is 9.97. The number of esters is 1. The molecule has 0 saturated carbocycles. The molecule has 1 aliphatic heterocycles. The van der Waals surface area contributed by atoms with Crippen LogP contribution in [0.5, 0.6) is 0 Å². The highest BCUT2D eigenvalue weighted by atomic mass is 16.7. The number of carbonyl (C=O) groups excluding carboxylic acids is 2. The normalized spacial score (nSPS) is 19.0. The number of carbonyl (C=O) groups is 2. The molecular weight excluding hydrogens is 907 g/mol. The number of hydrogen-bond donors (Lipinski definition) is 6. The van der Waals surface area contributed by atoms with Crippen LogP contribution in [-0.4, -0.2) is 100 Å². The molecule has 0 aromatic rings. The molecule has 0 spiro atoms. The SMILES string of the molecule is CCCCCCCCCC/C=C/C(O)C(COC1OC(CO)C(O)C(O)C1O)NC(=O)CCCCCCCCCCCCCCCCCCCCCCCCCOC(=O)CCCCCCCCCCCCC. The number of aliphatic hydroxyl groups excluding tert-OH is 5. The van der Waals surface area contributed by atoms with E-state index >= 15 is 0 Å². The number of amides is 1. The molecule has 426 valence electrons. The van der Waals surface area contributed by atoms with Gasteiger partial charge in [-0.3, -0.25) is 9.59 Å². The molecule has 7 atom stereocenters. The Morgan fingerprint density at radius 2 is 0.875 bits per heavy atom. The van der Waals surface area contributed by atoms with Gasteiger partial charge in [-0.15, -0.1) is 0 Å². The third kappa shape index (κ3) is 40.7. The molecule has 7 unspecified atom stereocenters. The minimum absolute atomic E-state index is 0.00271. The van der Waals surface area contributed by atoms with E-state index < -0.39 is 49.5 Å². The lowest BCUT2D eigenvalue weighted by Crippen LogP contribution is -2.60. The van der Waals surface area contributed by atoms with Gasteiger partial charge in [-0.1, -0.05) is 270 Å². The van der Waals surface area contributed by atoms with Crippen molar-refractivity contribution >= 4 is 11.9 Å². The first-order chi connectivity index (χ1) is 35.2. The molecule has 1 heterocycles. The van der Waals surface area contributed by atoms with Gasteiger partial charge in [0, 0.05) is 12.8 Å². The van der Waals surface area contributed by atoms with E-state index in [9.17, 15) is 35.1 Å². The van der Waals surface area contributed by atoms with Crippen molar-refractivity contribution in [3.05, 3.63) is 12.2 Å². The van der Waals surface area contributed by atoms with E-state index in [1.165, 1.54) is 218 Å². The molecule has 0 bridgehead atoms. The van der Waals surface area contributed by atoms with Gasteiger partial charge in [0.1, 0.15) is 24.4 Å². The van der Waals surface area contributed by atoms with Crippen molar-refractivity contribution in [2.45, 2.75) is 346 Å². The number of ether oxygens (including phenoxy) is 3. The van der Waals surface area contributed by atoms with Crippen LogP contribution in [0.1, 0.15) is 303 Å². The van der Waals surface area contributed by atoms with Crippen LogP contribution in [0.4, 0.5) is 0 Å². The van der Waals surface area contributed by atoms with Crippen molar-refractivity contribution in [2.24, 2.45) is 0 Å². The summed E-state index contributed by atoms with van der Waals surface area (Å²) >= 11 is 0. The molecular formula is C61H117NO10. The van der Waals surface area contributed by atoms with E-state index in [1.807, 2.05) is 6.08 Å². The molecule has 1 fully saturated rings. The topological polar surface area (TPSA) is 175 Å². The van der Waals surface area contributed by atoms with Gasteiger partial charge >= 0.3 is 5.97 Å². The summed E-state index contributed by atoms with van der Waals surface area (Å²) < 4.78 is 16.7. The van der Waals surface area contributed by atoms with Crippen LogP contribution in [0.3, 0.4) is 0 Å². The number of aliphatic hydroxyl groups is 5. The zero-order chi connectivity index (χ0) is 52.4. The molecule has 0 aromatic heterocycles. The smallest absolute Gasteiger partial charge is 0.305 e. The number of unbranched alkanes of at least 4 members (excludes halogenated alkanes) is 40. The Labute approximate surface area is 442 Å². The van der Waals surface area contributed by atoms with Crippen LogP contribution in [0.25, 0.3) is 0 Å². The minimum Gasteiger partial charge on any atom is -0.466 e. The van der Waals surface area contributed by atoms with Gasteiger partial charge in [-0.2, -0.15) is 0 Å². The zero-order valence-corrected chi connectivity index (χ0v) is 46.9. The summed E-state index contributed by atoms with van der Waals surface area (Å²) in [5.41, 5.74) is 0. The highest BCUT2D eigenvalue weighted by molar-refractivity contribution is 5.76. The van der Waals surface area contributed by atoms with E-state index in [0.717, 1.165) is 57.8 Å². The Balaban J connectivity index is 2.00. The molecule has 11 nitrogen and oxygen atoms in total. The summed E-state index contributed by atoms with van der Waals surface area (Å²) in [5.74, 6) is -0.178. The first-order valence-corrected chi connectivity index (χ1v) is 31.0. The van der Waals surface area contributed by atoms with Crippen LogP contribution in [-0.2, 0) is 23.8 Å². The van der Waals surface area contributed by atoms with E-state index in [1.54, 1.807) is 6.08 Å². The number of hydrogen-bond acceptors (Lipinski definition) is 10. The van der Waals surface area contributed by atoms with Crippen molar-refractivity contribution in [1.29, 1.82) is 0 Å². The van der Waals surface area contributed by atoms with Crippen molar-refractivity contribution in [1.82, 2.24) is 5.32 Å². The zero-order valence-electron chi connectivity index (χ0n) is 46.9. The van der Waals surface area contributed by atoms with Gasteiger partial charge < -0.3 is 45.1 Å². The maximum absolute atomic E-state index is 13.0. The molecule has 72 heavy (non-hydrogen) atoms. The second-order valence-corrected chi connectivity index (χ2v) is 21.8. The lowest BCUT2D eigenvalue weighted by molar-refractivity contribution is -0.302. The fraction of sp³-hybridized carbons (Fsp3) is 0.934. The first kappa shape index (κ1) is 68.4. The largest absolute Gasteiger partial charge is 0.466 e. The monoisotopic (exact) mass is 1020 g/mol. The average molecular weight is 1020 g/mol. The van der Waals surface area contributed by atoms with Gasteiger partial charge in [0.15, 0.2) is 6.29 Å². The van der Waals surface area contributed by atoms with Crippen molar-refractivity contribution in [2.75, 3.05) is 19.8 Å². The molecule has 0 aliphatic carbocycles. The van der Waals surface area contributed by atoms with E-state index in [0.29, 0.717) is 19.4 Å². The Kier molecular flexibility index (Phi) is 48.9. The molecule has 0 radical (unpaired) electrons. The second-order valence-electron chi connectivity index (χ2n) is 21.8. The molecule has 1 aliphatic rings. The third-order valence-electron chi connectivity index (χ3n) is 14.9. The van der Waals surface area contributed by atoms with E-state index in [4.69, 9.17) is 14.2 Å². The average Bonchev–Trinajstić information content (AvgIpc) is 3.38. The summed E-state index contributed by atoms with van der Waals surface area (Å²) in [6.07, 6.45) is 50.3. The fourth-order valence-electron chi connectivity index (χ4n) is 9.97. The van der Waals surface area contributed by atoms with Crippen molar-refractivity contribution < 1.29 is 49.3 Å². The van der Waals surface area contributed by atoms with E-state index in [-0.39, 0.29) is 18.5 Å². The van der Waals surface area contributed by atoms with Crippen molar-refractivity contribution in [3.63, 3.8) is 0 Å². The van der Waals surface area contributed by atoms with Crippen LogP contribution in [0, 0.1) is 0 Å². The maximum Gasteiger partial charge on any atom is 0.305 e. The van der Waals surface area contributed by atoms with Crippen molar-refractivity contribution in [3.8, 4) is 0 Å². The number of allylic oxidation sites excluding steroid dienone is 1. The predicted octanol–water partition coefficient (Wildman–Crippen LogP) is 14.3. The van der Waals surface area contributed by atoms with Crippen LogP contribution in [0.2, 0.25) is 0 Å².